The summed E-state index contributed by atoms with van der Waals surface area (Å²) in [7, 11) is 1.42. The molecule has 0 saturated carbocycles. The van der Waals surface area contributed by atoms with Gasteiger partial charge in [0.1, 0.15) is 17.6 Å². The van der Waals surface area contributed by atoms with Crippen LogP contribution in [0.25, 0.3) is 0 Å². The molecule has 1 aliphatic rings. The normalized spacial score (nSPS) is 18.3. The van der Waals surface area contributed by atoms with E-state index in [9.17, 15) is 18.0 Å². The Labute approximate surface area is 158 Å². The summed E-state index contributed by atoms with van der Waals surface area (Å²) in [6, 6.07) is 1.63. The van der Waals surface area contributed by atoms with Crippen LogP contribution in [0.1, 0.15) is 40.6 Å². The van der Waals surface area contributed by atoms with Gasteiger partial charge in [-0.05, 0) is 25.1 Å². The fourth-order valence-corrected chi connectivity index (χ4v) is 2.86. The van der Waals surface area contributed by atoms with Gasteiger partial charge in [-0.15, -0.1) is 0 Å². The minimum Gasteiger partial charge on any atom is -0.480 e. The SMILES string of the molecule is COc1cnc(C(=O)Nc2ccc(F)c(C3N=C(N)CCC3(F)F)c2)c(C)n1. The maximum absolute atomic E-state index is 14.2. The van der Waals surface area contributed by atoms with E-state index < -0.39 is 30.1 Å². The fraction of sp³-hybridized carbons (Fsp3) is 0.333. The third-order valence-electron chi connectivity index (χ3n) is 4.31. The number of halogens is 3. The van der Waals surface area contributed by atoms with Gasteiger partial charge in [0.15, 0.2) is 0 Å². The number of nitrogens with one attached hydrogen (secondary N) is 1. The Hall–Kier alpha value is -3.17. The number of benzene rings is 1. The van der Waals surface area contributed by atoms with Crippen molar-refractivity contribution < 1.29 is 22.7 Å². The van der Waals surface area contributed by atoms with E-state index in [1.54, 1.807) is 6.92 Å². The number of alkyl halides is 2. The van der Waals surface area contributed by atoms with Gasteiger partial charge in [0.25, 0.3) is 11.8 Å². The molecule has 1 atom stereocenters. The van der Waals surface area contributed by atoms with Crippen molar-refractivity contribution in [3.05, 3.63) is 47.2 Å². The Kier molecular flexibility index (Phi) is 5.21. The first-order chi connectivity index (χ1) is 13.2. The molecule has 148 valence electrons. The predicted octanol–water partition coefficient (Wildman–Crippen LogP) is 3.01. The average Bonchev–Trinajstić information content (AvgIpc) is 2.65. The van der Waals surface area contributed by atoms with Crippen molar-refractivity contribution in [2.45, 2.75) is 31.7 Å². The number of aromatic nitrogens is 2. The molecule has 0 saturated heterocycles. The van der Waals surface area contributed by atoms with Gasteiger partial charge in [0.2, 0.25) is 5.88 Å². The van der Waals surface area contributed by atoms with Crippen LogP contribution in [-0.4, -0.2) is 34.7 Å². The van der Waals surface area contributed by atoms with Crippen molar-refractivity contribution in [1.82, 2.24) is 9.97 Å². The topological polar surface area (TPSA) is 102 Å². The lowest BCUT2D eigenvalue weighted by atomic mass is 9.94. The number of amidine groups is 1. The van der Waals surface area contributed by atoms with E-state index >= 15 is 0 Å². The fourth-order valence-electron chi connectivity index (χ4n) is 2.86. The third kappa shape index (κ3) is 3.90. The van der Waals surface area contributed by atoms with Crippen LogP contribution in [0.2, 0.25) is 0 Å². The standard InChI is InChI=1S/C18H18F3N5O2/c1-9-15(23-8-14(24-9)28-2)17(27)25-10-3-4-12(19)11(7-10)16-18(20,21)6-5-13(22)26-16/h3-4,7-8,16H,5-6H2,1-2H3,(H2,22,26)(H,25,27). The molecule has 7 nitrogen and oxygen atoms in total. The van der Waals surface area contributed by atoms with Crippen molar-refractivity contribution in [3.8, 4) is 5.88 Å². The first-order valence-electron chi connectivity index (χ1n) is 8.39. The molecular weight excluding hydrogens is 375 g/mol. The molecule has 0 fully saturated rings. The first-order valence-corrected chi connectivity index (χ1v) is 8.39. The number of aliphatic imine (C=N–C) groups is 1. The molecule has 0 bridgehead atoms. The van der Waals surface area contributed by atoms with Crippen molar-refractivity contribution >= 4 is 17.4 Å². The van der Waals surface area contributed by atoms with Gasteiger partial charge in [-0.25, -0.2) is 23.1 Å². The van der Waals surface area contributed by atoms with Gasteiger partial charge in [-0.3, -0.25) is 9.79 Å². The van der Waals surface area contributed by atoms with Crippen molar-refractivity contribution in [1.29, 1.82) is 0 Å². The zero-order valence-electron chi connectivity index (χ0n) is 15.2. The molecule has 1 aromatic heterocycles. The number of nitrogens with two attached hydrogens (primary N) is 1. The predicted molar refractivity (Wildman–Crippen MR) is 96.2 cm³/mol. The first kappa shape index (κ1) is 19.6. The van der Waals surface area contributed by atoms with E-state index in [-0.39, 0.29) is 35.1 Å². The molecule has 10 heteroatoms. The quantitative estimate of drug-likeness (QED) is 0.831. The summed E-state index contributed by atoms with van der Waals surface area (Å²) in [5.74, 6) is -4.45. The second-order valence-corrected chi connectivity index (χ2v) is 6.32. The van der Waals surface area contributed by atoms with Crippen LogP contribution >= 0.6 is 0 Å². The molecule has 1 unspecified atom stereocenters. The molecule has 1 aliphatic heterocycles. The van der Waals surface area contributed by atoms with Crippen LogP contribution in [0, 0.1) is 12.7 Å². The Bertz CT molecular complexity index is 949. The Morgan fingerprint density at radius 2 is 2.14 bits per heavy atom. The molecule has 0 spiro atoms. The van der Waals surface area contributed by atoms with Crippen LogP contribution in [0.3, 0.4) is 0 Å². The smallest absolute Gasteiger partial charge is 0.276 e. The number of aryl methyl sites for hydroxylation is 1. The summed E-state index contributed by atoms with van der Waals surface area (Å²) < 4.78 is 47.7. The highest BCUT2D eigenvalue weighted by Crippen LogP contribution is 2.42. The second kappa shape index (κ2) is 7.45. The molecule has 28 heavy (non-hydrogen) atoms. The number of ether oxygens (including phenoxy) is 1. The van der Waals surface area contributed by atoms with Crippen LogP contribution < -0.4 is 15.8 Å². The largest absolute Gasteiger partial charge is 0.480 e. The van der Waals surface area contributed by atoms with Crippen LogP contribution in [0.4, 0.5) is 18.9 Å². The number of amides is 1. The number of carbonyl (C=O) groups excluding carboxylic acids is 1. The molecule has 1 amide bonds. The monoisotopic (exact) mass is 393 g/mol. The number of anilines is 1. The lowest BCUT2D eigenvalue weighted by Gasteiger charge is -2.29. The van der Waals surface area contributed by atoms with Crippen LogP contribution in [0.15, 0.2) is 29.4 Å². The highest BCUT2D eigenvalue weighted by atomic mass is 19.3. The van der Waals surface area contributed by atoms with Gasteiger partial charge in [-0.2, -0.15) is 0 Å². The summed E-state index contributed by atoms with van der Waals surface area (Å²) in [4.78, 5) is 24.2. The molecule has 2 heterocycles. The molecule has 3 rings (SSSR count). The highest BCUT2D eigenvalue weighted by molar-refractivity contribution is 6.03. The van der Waals surface area contributed by atoms with Gasteiger partial charge in [-0.1, -0.05) is 0 Å². The number of hydrogen-bond acceptors (Lipinski definition) is 6. The van der Waals surface area contributed by atoms with E-state index in [1.807, 2.05) is 0 Å². The molecule has 0 aliphatic carbocycles. The number of nitrogens with zero attached hydrogens (tertiary/aromatic N) is 3. The Balaban J connectivity index is 1.89. The molecule has 3 N–H and O–H groups in total. The number of hydrogen-bond donors (Lipinski definition) is 2. The van der Waals surface area contributed by atoms with Crippen molar-refractivity contribution in [3.63, 3.8) is 0 Å². The summed E-state index contributed by atoms with van der Waals surface area (Å²) in [6.45, 7) is 1.57. The van der Waals surface area contributed by atoms with E-state index in [0.29, 0.717) is 5.69 Å². The van der Waals surface area contributed by atoms with E-state index in [2.05, 4.69) is 20.3 Å². The van der Waals surface area contributed by atoms with Gasteiger partial charge >= 0.3 is 0 Å². The van der Waals surface area contributed by atoms with Gasteiger partial charge < -0.3 is 15.8 Å². The van der Waals surface area contributed by atoms with Crippen LogP contribution in [0.5, 0.6) is 5.88 Å². The maximum Gasteiger partial charge on any atom is 0.276 e. The Morgan fingerprint density at radius 1 is 1.39 bits per heavy atom. The molecule has 0 radical (unpaired) electrons. The minimum atomic E-state index is -3.25. The summed E-state index contributed by atoms with van der Waals surface area (Å²) in [5.41, 5.74) is 5.68. The lowest BCUT2D eigenvalue weighted by molar-refractivity contribution is -0.0370. The zero-order valence-corrected chi connectivity index (χ0v) is 15.2. The lowest BCUT2D eigenvalue weighted by Crippen LogP contribution is -2.34. The van der Waals surface area contributed by atoms with Crippen molar-refractivity contribution in [2.24, 2.45) is 10.7 Å². The number of methoxy groups -OCH3 is 1. The average molecular weight is 393 g/mol. The van der Waals surface area contributed by atoms with Gasteiger partial charge in [0.05, 0.1) is 24.8 Å². The minimum absolute atomic E-state index is 0.0249. The number of rotatable bonds is 4. The summed E-state index contributed by atoms with van der Waals surface area (Å²) in [6.07, 6.45) is 0.693. The van der Waals surface area contributed by atoms with E-state index in [1.165, 1.54) is 19.4 Å². The summed E-state index contributed by atoms with van der Waals surface area (Å²) in [5, 5.41) is 2.51. The molecular formula is C18H18F3N5O2. The third-order valence-corrected chi connectivity index (χ3v) is 4.31. The van der Waals surface area contributed by atoms with Crippen LogP contribution in [-0.2, 0) is 0 Å². The van der Waals surface area contributed by atoms with E-state index in [4.69, 9.17) is 10.5 Å². The molecule has 1 aromatic carbocycles. The highest BCUT2D eigenvalue weighted by Gasteiger charge is 2.44. The Morgan fingerprint density at radius 3 is 2.82 bits per heavy atom. The van der Waals surface area contributed by atoms with Gasteiger partial charge in [0, 0.05) is 24.1 Å². The zero-order chi connectivity index (χ0) is 20.5. The second-order valence-electron chi connectivity index (χ2n) is 6.32. The molecule has 2 aromatic rings. The maximum atomic E-state index is 14.2. The number of carbonyl (C=O) groups is 1. The van der Waals surface area contributed by atoms with E-state index in [0.717, 1.165) is 12.1 Å². The summed E-state index contributed by atoms with van der Waals surface area (Å²) >= 11 is 0. The van der Waals surface area contributed by atoms with Crippen molar-refractivity contribution in [2.75, 3.05) is 12.4 Å².